The van der Waals surface area contributed by atoms with Crippen molar-refractivity contribution in [1.29, 1.82) is 0 Å². The van der Waals surface area contributed by atoms with Gasteiger partial charge in [-0.15, -0.1) is 0 Å². The highest BCUT2D eigenvalue weighted by atomic mass is 35.5. The van der Waals surface area contributed by atoms with Crippen molar-refractivity contribution in [3.05, 3.63) is 51.5 Å². The molecule has 0 fully saturated rings. The number of benzene rings is 2. The first kappa shape index (κ1) is 15.5. The van der Waals surface area contributed by atoms with Crippen LogP contribution in [0.4, 0.5) is 10.5 Å². The lowest BCUT2D eigenvalue weighted by atomic mass is 10.1. The Labute approximate surface area is 140 Å². The molecule has 0 saturated heterocycles. The number of aromatic hydroxyl groups is 1. The van der Waals surface area contributed by atoms with Gasteiger partial charge in [0.25, 0.3) is 0 Å². The number of hydrogen-bond donors (Lipinski definition) is 2. The SMILES string of the molecule is O=C(O)c1ccc(N2Cc3cc(Cl)cc(Cl)c3OC2=O)cc1O. The molecule has 0 bridgehead atoms. The maximum absolute atomic E-state index is 12.1. The van der Waals surface area contributed by atoms with E-state index in [0.717, 1.165) is 0 Å². The molecule has 118 valence electrons. The predicted octanol–water partition coefficient (Wildman–Crippen LogP) is 3.92. The third-order valence-corrected chi connectivity index (χ3v) is 3.85. The molecule has 23 heavy (non-hydrogen) atoms. The van der Waals surface area contributed by atoms with Gasteiger partial charge in [-0.1, -0.05) is 23.2 Å². The van der Waals surface area contributed by atoms with Crippen molar-refractivity contribution in [2.75, 3.05) is 4.90 Å². The number of amides is 1. The van der Waals surface area contributed by atoms with Crippen molar-refractivity contribution in [1.82, 2.24) is 0 Å². The molecule has 2 aromatic carbocycles. The van der Waals surface area contributed by atoms with Crippen LogP contribution < -0.4 is 9.64 Å². The molecule has 1 aliphatic rings. The molecular formula is C15H9Cl2NO5. The number of phenols is 1. The van der Waals surface area contributed by atoms with E-state index >= 15 is 0 Å². The molecule has 0 radical (unpaired) electrons. The molecule has 1 aliphatic heterocycles. The number of rotatable bonds is 2. The lowest BCUT2D eigenvalue weighted by Gasteiger charge is -2.28. The lowest BCUT2D eigenvalue weighted by molar-refractivity contribution is 0.0693. The number of carbonyl (C=O) groups is 2. The van der Waals surface area contributed by atoms with E-state index in [4.69, 9.17) is 33.0 Å². The molecule has 2 aromatic rings. The molecule has 3 rings (SSSR count). The number of fused-ring (bicyclic) bond motifs is 1. The maximum atomic E-state index is 12.1. The molecular weight excluding hydrogens is 345 g/mol. The summed E-state index contributed by atoms with van der Waals surface area (Å²) >= 11 is 11.9. The third-order valence-electron chi connectivity index (χ3n) is 3.35. The standard InChI is InChI=1S/C15H9Cl2NO5/c16-8-3-7-6-18(15(22)23-13(7)11(17)4-8)9-1-2-10(14(20)21)12(19)5-9/h1-5,19H,6H2,(H,20,21). The zero-order chi connectivity index (χ0) is 16.7. The van der Waals surface area contributed by atoms with E-state index in [1.165, 1.54) is 29.2 Å². The average Bonchev–Trinajstić information content (AvgIpc) is 2.47. The Morgan fingerprint density at radius 1 is 1.22 bits per heavy atom. The number of aromatic carboxylic acids is 1. The first-order chi connectivity index (χ1) is 10.9. The predicted molar refractivity (Wildman–Crippen MR) is 83.7 cm³/mol. The van der Waals surface area contributed by atoms with Gasteiger partial charge in [0.1, 0.15) is 11.3 Å². The highest BCUT2D eigenvalue weighted by molar-refractivity contribution is 6.35. The summed E-state index contributed by atoms with van der Waals surface area (Å²) in [7, 11) is 0. The summed E-state index contributed by atoms with van der Waals surface area (Å²) in [6, 6.07) is 6.89. The number of nitrogens with zero attached hydrogens (tertiary/aromatic N) is 1. The number of hydrogen-bond acceptors (Lipinski definition) is 4. The fourth-order valence-corrected chi connectivity index (χ4v) is 2.86. The first-order valence-electron chi connectivity index (χ1n) is 6.40. The van der Waals surface area contributed by atoms with Crippen LogP contribution in [-0.2, 0) is 6.54 Å². The van der Waals surface area contributed by atoms with Crippen LogP contribution in [0.25, 0.3) is 0 Å². The molecule has 8 heteroatoms. The second-order valence-corrected chi connectivity index (χ2v) is 5.68. The van der Waals surface area contributed by atoms with Crippen molar-refractivity contribution >= 4 is 41.0 Å². The van der Waals surface area contributed by atoms with Gasteiger partial charge in [0.05, 0.1) is 17.3 Å². The molecule has 0 aliphatic carbocycles. The van der Waals surface area contributed by atoms with Gasteiger partial charge in [0.2, 0.25) is 0 Å². The smallest absolute Gasteiger partial charge is 0.420 e. The van der Waals surface area contributed by atoms with E-state index < -0.39 is 17.8 Å². The molecule has 0 atom stereocenters. The van der Waals surface area contributed by atoms with Crippen LogP contribution in [-0.4, -0.2) is 22.3 Å². The second-order valence-electron chi connectivity index (χ2n) is 4.84. The summed E-state index contributed by atoms with van der Waals surface area (Å²) in [5, 5.41) is 19.3. The van der Waals surface area contributed by atoms with Gasteiger partial charge >= 0.3 is 12.1 Å². The molecule has 1 amide bonds. The maximum Gasteiger partial charge on any atom is 0.420 e. The highest BCUT2D eigenvalue weighted by Gasteiger charge is 2.29. The Balaban J connectivity index is 2.00. The number of carboxylic acids is 1. The summed E-state index contributed by atoms with van der Waals surface area (Å²) in [5.41, 5.74) is 0.633. The summed E-state index contributed by atoms with van der Waals surface area (Å²) < 4.78 is 5.20. The Hall–Kier alpha value is -2.44. The summed E-state index contributed by atoms with van der Waals surface area (Å²) in [4.78, 5) is 24.3. The quantitative estimate of drug-likeness (QED) is 0.854. The Kier molecular flexibility index (Phi) is 3.79. The minimum Gasteiger partial charge on any atom is -0.507 e. The summed E-state index contributed by atoms with van der Waals surface area (Å²) in [6.07, 6.45) is -0.691. The Bertz CT molecular complexity index is 837. The van der Waals surface area contributed by atoms with Gasteiger partial charge < -0.3 is 14.9 Å². The van der Waals surface area contributed by atoms with Crippen molar-refractivity contribution in [3.8, 4) is 11.5 Å². The number of carboxylic acid groups (broad SMARTS) is 1. The zero-order valence-electron chi connectivity index (χ0n) is 11.4. The molecule has 0 saturated carbocycles. The first-order valence-corrected chi connectivity index (χ1v) is 7.16. The van der Waals surface area contributed by atoms with Gasteiger partial charge in [0, 0.05) is 16.7 Å². The van der Waals surface area contributed by atoms with Crippen LogP contribution in [0.5, 0.6) is 11.5 Å². The highest BCUT2D eigenvalue weighted by Crippen LogP contribution is 2.38. The normalized spacial score (nSPS) is 13.5. The van der Waals surface area contributed by atoms with E-state index in [-0.39, 0.29) is 22.9 Å². The van der Waals surface area contributed by atoms with Gasteiger partial charge in [0.15, 0.2) is 5.75 Å². The van der Waals surface area contributed by atoms with Crippen molar-refractivity contribution in [2.45, 2.75) is 6.54 Å². The fraction of sp³-hybridized carbons (Fsp3) is 0.0667. The van der Waals surface area contributed by atoms with Crippen LogP contribution in [0, 0.1) is 0 Å². The largest absolute Gasteiger partial charge is 0.507 e. The number of anilines is 1. The molecule has 1 heterocycles. The van der Waals surface area contributed by atoms with E-state index in [9.17, 15) is 14.7 Å². The minimum absolute atomic E-state index is 0.125. The minimum atomic E-state index is -1.26. The van der Waals surface area contributed by atoms with Crippen LogP contribution in [0.2, 0.25) is 10.0 Å². The van der Waals surface area contributed by atoms with Crippen LogP contribution in [0.1, 0.15) is 15.9 Å². The second kappa shape index (κ2) is 5.64. The van der Waals surface area contributed by atoms with Gasteiger partial charge in [-0.05, 0) is 24.3 Å². The van der Waals surface area contributed by atoms with Crippen molar-refractivity contribution < 1.29 is 24.5 Å². The monoisotopic (exact) mass is 353 g/mol. The summed E-state index contributed by atoms with van der Waals surface area (Å²) in [6.45, 7) is 0.125. The van der Waals surface area contributed by atoms with Gasteiger partial charge in [-0.25, -0.2) is 9.59 Å². The van der Waals surface area contributed by atoms with E-state index in [2.05, 4.69) is 0 Å². The molecule has 2 N–H and O–H groups in total. The topological polar surface area (TPSA) is 87.1 Å². The number of ether oxygens (including phenoxy) is 1. The Morgan fingerprint density at radius 2 is 1.96 bits per heavy atom. The average molecular weight is 354 g/mol. The zero-order valence-corrected chi connectivity index (χ0v) is 12.9. The molecule has 6 nitrogen and oxygen atoms in total. The van der Waals surface area contributed by atoms with Crippen molar-refractivity contribution in [3.63, 3.8) is 0 Å². The number of carbonyl (C=O) groups excluding carboxylic acids is 1. The fourth-order valence-electron chi connectivity index (χ4n) is 2.29. The van der Waals surface area contributed by atoms with Gasteiger partial charge in [-0.3, -0.25) is 4.90 Å². The van der Waals surface area contributed by atoms with Crippen LogP contribution >= 0.6 is 23.2 Å². The lowest BCUT2D eigenvalue weighted by Crippen LogP contribution is -2.37. The van der Waals surface area contributed by atoms with Crippen LogP contribution in [0.3, 0.4) is 0 Å². The van der Waals surface area contributed by atoms with E-state index in [0.29, 0.717) is 16.3 Å². The molecule has 0 aromatic heterocycles. The summed E-state index contributed by atoms with van der Waals surface area (Å²) in [5.74, 6) is -1.47. The third kappa shape index (κ3) is 2.78. The molecule has 0 spiro atoms. The van der Waals surface area contributed by atoms with Crippen LogP contribution in [0.15, 0.2) is 30.3 Å². The van der Waals surface area contributed by atoms with Crippen molar-refractivity contribution in [2.24, 2.45) is 0 Å². The van der Waals surface area contributed by atoms with E-state index in [1.54, 1.807) is 6.07 Å². The Morgan fingerprint density at radius 3 is 2.61 bits per heavy atom. The van der Waals surface area contributed by atoms with Gasteiger partial charge in [-0.2, -0.15) is 0 Å². The van der Waals surface area contributed by atoms with E-state index in [1.807, 2.05) is 0 Å². The number of halogens is 2. The molecule has 0 unspecified atom stereocenters.